The van der Waals surface area contributed by atoms with E-state index in [0.717, 1.165) is 21.2 Å². The number of anilines is 1. The van der Waals surface area contributed by atoms with Gasteiger partial charge in [0.15, 0.2) is 5.78 Å². The number of ketones is 1. The molecule has 0 radical (unpaired) electrons. The molecule has 1 heterocycles. The molecule has 0 unspecified atom stereocenters. The van der Waals surface area contributed by atoms with Gasteiger partial charge in [-0.3, -0.25) is 14.9 Å². The van der Waals surface area contributed by atoms with Gasteiger partial charge in [-0.1, -0.05) is 54.2 Å². The molecule has 0 saturated heterocycles. The number of benzene rings is 3. The van der Waals surface area contributed by atoms with E-state index in [4.69, 9.17) is 0 Å². The fraction of sp³-hybridized carbons (Fsp3) is 0.0455. The van der Waals surface area contributed by atoms with Crippen LogP contribution < -0.4 is 4.90 Å². The first kappa shape index (κ1) is 18.0. The second kappa shape index (κ2) is 7.70. The molecule has 1 aliphatic rings. The Bertz CT molecular complexity index is 1060. The van der Waals surface area contributed by atoms with Crippen LogP contribution in [0.25, 0.3) is 0 Å². The first-order chi connectivity index (χ1) is 13.6. The summed E-state index contributed by atoms with van der Waals surface area (Å²) in [4.78, 5) is 26.3. The molecule has 1 aliphatic heterocycles. The Morgan fingerprint density at radius 2 is 1.64 bits per heavy atom. The molecule has 0 aliphatic carbocycles. The van der Waals surface area contributed by atoms with Gasteiger partial charge in [0.1, 0.15) is 0 Å². The summed E-state index contributed by atoms with van der Waals surface area (Å²) in [6.45, 7) is 0.657. The molecule has 0 N–H and O–H groups in total. The van der Waals surface area contributed by atoms with Crippen molar-refractivity contribution >= 4 is 28.9 Å². The number of thioether (sulfide) groups is 1. The van der Waals surface area contributed by atoms with Crippen molar-refractivity contribution in [2.45, 2.75) is 11.4 Å². The first-order valence-electron chi connectivity index (χ1n) is 8.70. The van der Waals surface area contributed by atoms with E-state index in [2.05, 4.69) is 17.0 Å². The van der Waals surface area contributed by atoms with E-state index in [0.29, 0.717) is 12.1 Å². The SMILES string of the molecule is O=C(/C=C1/Sc2ccccc2N1Cc1ccccc1)c1ccc([N+](=O)[O-])cc1. The summed E-state index contributed by atoms with van der Waals surface area (Å²) in [7, 11) is 0. The molecule has 4 rings (SSSR count). The smallest absolute Gasteiger partial charge is 0.269 e. The fourth-order valence-corrected chi connectivity index (χ4v) is 4.13. The van der Waals surface area contributed by atoms with Crippen molar-refractivity contribution in [3.8, 4) is 0 Å². The fourth-order valence-electron chi connectivity index (χ4n) is 3.03. The van der Waals surface area contributed by atoms with Crippen molar-refractivity contribution in [1.29, 1.82) is 0 Å². The van der Waals surface area contributed by atoms with E-state index >= 15 is 0 Å². The number of carbonyl (C=O) groups is 1. The molecule has 5 nitrogen and oxygen atoms in total. The number of non-ortho nitro benzene ring substituents is 1. The summed E-state index contributed by atoms with van der Waals surface area (Å²) < 4.78 is 0. The molecule has 0 aromatic heterocycles. The Morgan fingerprint density at radius 1 is 0.964 bits per heavy atom. The van der Waals surface area contributed by atoms with Gasteiger partial charge in [-0.2, -0.15) is 0 Å². The Hall–Kier alpha value is -3.38. The number of nitro groups is 1. The Labute approximate surface area is 166 Å². The summed E-state index contributed by atoms with van der Waals surface area (Å²) in [5.41, 5.74) is 2.61. The van der Waals surface area contributed by atoms with Crippen LogP contribution in [-0.4, -0.2) is 10.7 Å². The molecule has 0 atom stereocenters. The van der Waals surface area contributed by atoms with Crippen LogP contribution in [0, 0.1) is 10.1 Å². The Kier molecular flexibility index (Phi) is 4.95. The third-order valence-corrected chi connectivity index (χ3v) is 5.55. The zero-order valence-corrected chi connectivity index (χ0v) is 15.6. The maximum Gasteiger partial charge on any atom is 0.269 e. The average Bonchev–Trinajstić information content (AvgIpc) is 3.06. The van der Waals surface area contributed by atoms with Gasteiger partial charge in [0.2, 0.25) is 0 Å². The number of hydrogen-bond acceptors (Lipinski definition) is 5. The van der Waals surface area contributed by atoms with Gasteiger partial charge in [-0.05, 0) is 29.8 Å². The summed E-state index contributed by atoms with van der Waals surface area (Å²) in [5, 5.41) is 11.6. The van der Waals surface area contributed by atoms with Gasteiger partial charge >= 0.3 is 0 Å². The Balaban J connectivity index is 1.64. The molecule has 0 amide bonds. The normalized spacial score (nSPS) is 14.1. The number of hydrogen-bond donors (Lipinski definition) is 0. The molecule has 138 valence electrons. The number of allylic oxidation sites excluding steroid dienone is 1. The maximum atomic E-state index is 12.7. The number of rotatable bonds is 5. The minimum absolute atomic E-state index is 0.0300. The molecule has 28 heavy (non-hydrogen) atoms. The highest BCUT2D eigenvalue weighted by Gasteiger charge is 2.25. The van der Waals surface area contributed by atoms with E-state index in [1.165, 1.54) is 24.3 Å². The predicted octanol–water partition coefficient (Wildman–Crippen LogP) is 5.43. The number of nitro benzene ring substituents is 1. The van der Waals surface area contributed by atoms with E-state index in [1.54, 1.807) is 17.8 Å². The highest BCUT2D eigenvalue weighted by Crippen LogP contribution is 2.46. The van der Waals surface area contributed by atoms with E-state index in [1.807, 2.05) is 42.5 Å². The summed E-state index contributed by atoms with van der Waals surface area (Å²) >= 11 is 1.55. The van der Waals surface area contributed by atoms with Crippen molar-refractivity contribution in [2.24, 2.45) is 0 Å². The quantitative estimate of drug-likeness (QED) is 0.252. The van der Waals surface area contributed by atoms with Crippen LogP contribution in [0.5, 0.6) is 0 Å². The lowest BCUT2D eigenvalue weighted by Gasteiger charge is -2.20. The topological polar surface area (TPSA) is 63.5 Å². The van der Waals surface area contributed by atoms with Crippen LogP contribution in [0.4, 0.5) is 11.4 Å². The summed E-state index contributed by atoms with van der Waals surface area (Å²) in [6.07, 6.45) is 1.61. The maximum absolute atomic E-state index is 12.7. The molecule has 0 saturated carbocycles. The number of carbonyl (C=O) groups excluding carboxylic acids is 1. The lowest BCUT2D eigenvalue weighted by molar-refractivity contribution is -0.384. The van der Waals surface area contributed by atoms with Crippen molar-refractivity contribution < 1.29 is 9.72 Å². The number of fused-ring (bicyclic) bond motifs is 1. The lowest BCUT2D eigenvalue weighted by atomic mass is 10.1. The van der Waals surface area contributed by atoms with E-state index in [-0.39, 0.29) is 11.5 Å². The lowest BCUT2D eigenvalue weighted by Crippen LogP contribution is -2.17. The molecule has 3 aromatic carbocycles. The summed E-state index contributed by atoms with van der Waals surface area (Å²) in [5.74, 6) is -0.178. The molecule has 6 heteroatoms. The second-order valence-corrected chi connectivity index (χ2v) is 7.35. The van der Waals surface area contributed by atoms with Gasteiger partial charge in [0.25, 0.3) is 5.69 Å². The van der Waals surface area contributed by atoms with Gasteiger partial charge in [0, 0.05) is 35.2 Å². The van der Waals surface area contributed by atoms with Crippen LogP contribution in [-0.2, 0) is 6.54 Å². The molecule has 0 spiro atoms. The van der Waals surface area contributed by atoms with Crippen LogP contribution in [0.15, 0.2) is 94.9 Å². The predicted molar refractivity (Wildman–Crippen MR) is 110 cm³/mol. The highest BCUT2D eigenvalue weighted by atomic mass is 32.2. The van der Waals surface area contributed by atoms with Crippen LogP contribution in [0.3, 0.4) is 0 Å². The van der Waals surface area contributed by atoms with Crippen molar-refractivity contribution in [3.63, 3.8) is 0 Å². The Morgan fingerprint density at radius 3 is 2.36 bits per heavy atom. The number of para-hydroxylation sites is 1. The van der Waals surface area contributed by atoms with E-state index in [9.17, 15) is 14.9 Å². The zero-order valence-electron chi connectivity index (χ0n) is 14.8. The molecule has 0 bridgehead atoms. The first-order valence-corrected chi connectivity index (χ1v) is 9.52. The largest absolute Gasteiger partial charge is 0.330 e. The van der Waals surface area contributed by atoms with Crippen molar-refractivity contribution in [3.05, 3.63) is 111 Å². The molecular weight excluding hydrogens is 372 g/mol. The molecule has 3 aromatic rings. The third kappa shape index (κ3) is 3.68. The van der Waals surface area contributed by atoms with Crippen molar-refractivity contribution in [1.82, 2.24) is 0 Å². The van der Waals surface area contributed by atoms with Gasteiger partial charge in [0.05, 0.1) is 15.6 Å². The molecule has 0 fully saturated rings. The monoisotopic (exact) mass is 388 g/mol. The standard InChI is InChI=1S/C22H16N2O3S/c25-20(17-10-12-18(13-11-17)24(26)27)14-22-23(15-16-6-2-1-3-7-16)19-8-4-5-9-21(19)28-22/h1-14H,15H2/b22-14+. The van der Waals surface area contributed by atoms with Crippen molar-refractivity contribution in [2.75, 3.05) is 4.90 Å². The second-order valence-electron chi connectivity index (χ2n) is 6.29. The van der Waals surface area contributed by atoms with Crippen LogP contribution in [0.2, 0.25) is 0 Å². The van der Waals surface area contributed by atoms with Gasteiger partial charge < -0.3 is 4.90 Å². The zero-order chi connectivity index (χ0) is 19.5. The van der Waals surface area contributed by atoms with Crippen LogP contribution in [0.1, 0.15) is 15.9 Å². The molecular formula is C22H16N2O3S. The van der Waals surface area contributed by atoms with Gasteiger partial charge in [-0.25, -0.2) is 0 Å². The average molecular weight is 388 g/mol. The summed E-state index contributed by atoms with van der Waals surface area (Å²) in [6, 6.07) is 23.8. The van der Waals surface area contributed by atoms with E-state index < -0.39 is 4.92 Å². The highest BCUT2D eigenvalue weighted by molar-refractivity contribution is 8.03. The third-order valence-electron chi connectivity index (χ3n) is 4.44. The minimum atomic E-state index is -0.474. The van der Waals surface area contributed by atoms with Gasteiger partial charge in [-0.15, -0.1) is 0 Å². The van der Waals surface area contributed by atoms with Crippen LogP contribution >= 0.6 is 11.8 Å². The number of nitrogens with zero attached hydrogens (tertiary/aromatic N) is 2. The minimum Gasteiger partial charge on any atom is -0.330 e.